The average Bonchev–Trinajstić information content (AvgIpc) is 3.64. The smallest absolute Gasteiger partial charge is 0.267 e. The number of hydrogen-bond donors (Lipinski definition) is 3. The van der Waals surface area contributed by atoms with E-state index in [1.807, 2.05) is 18.2 Å². The van der Waals surface area contributed by atoms with Crippen molar-refractivity contribution in [2.45, 2.75) is 45.7 Å². The van der Waals surface area contributed by atoms with Gasteiger partial charge >= 0.3 is 0 Å². The predicted molar refractivity (Wildman–Crippen MR) is 174 cm³/mol. The van der Waals surface area contributed by atoms with E-state index in [1.54, 1.807) is 11.6 Å². The van der Waals surface area contributed by atoms with Crippen LogP contribution in [-0.2, 0) is 24.2 Å². The number of fused-ring (bicyclic) bond motifs is 2. The Labute approximate surface area is 259 Å². The summed E-state index contributed by atoms with van der Waals surface area (Å²) in [5.41, 5.74) is 8.84. The Morgan fingerprint density at radius 3 is 2.67 bits per heavy atom. The lowest BCUT2D eigenvalue weighted by atomic mass is 10.0. The summed E-state index contributed by atoms with van der Waals surface area (Å²) in [5.74, 6) is 0.367. The van der Waals surface area contributed by atoms with Gasteiger partial charge in [-0.15, -0.1) is 0 Å². The first-order chi connectivity index (χ1) is 21.0. The number of aromatic nitrogens is 1. The number of carbonyl (C=O) groups excluding carboxylic acids is 1. The van der Waals surface area contributed by atoms with E-state index in [0.717, 1.165) is 73.8 Å². The minimum Gasteiger partial charge on any atom is -0.492 e. The van der Waals surface area contributed by atoms with E-state index in [4.69, 9.17) is 21.5 Å². The van der Waals surface area contributed by atoms with Gasteiger partial charge in [-0.2, -0.15) is 0 Å². The van der Waals surface area contributed by atoms with Crippen LogP contribution in [0.15, 0.2) is 72.9 Å². The van der Waals surface area contributed by atoms with Crippen molar-refractivity contribution in [2.75, 3.05) is 32.8 Å². The maximum absolute atomic E-state index is 11.5. The van der Waals surface area contributed by atoms with E-state index < -0.39 is 5.91 Å². The number of rotatable bonds is 14. The molecule has 0 spiro atoms. The molecule has 3 aromatic carbocycles. The minimum absolute atomic E-state index is 0.290. The molecule has 7 nitrogen and oxygen atoms in total. The standard InChI is InChI=1S/C35H41ClN4O3/c1-3-39(4-2)19-20-43-30-11-5-26(6-12-30)24-40(18-17-28-23-37-33-22-29(36)10-14-31(28)33)34-15-9-27-21-25(7-13-32(27)34)8-16-35(41)38-42/h5-8,10-14,16,21-23,34,37,42H,3-4,9,15,17-20,24H2,1-2H3,(H,38,41). The number of aryl methyl sites for hydroxylation is 1. The molecule has 1 aliphatic carbocycles. The van der Waals surface area contributed by atoms with Gasteiger partial charge in [-0.25, -0.2) is 5.48 Å². The Balaban J connectivity index is 1.33. The quantitative estimate of drug-likeness (QED) is 0.0843. The van der Waals surface area contributed by atoms with Crippen molar-refractivity contribution in [2.24, 2.45) is 0 Å². The number of nitrogens with one attached hydrogen (secondary N) is 2. The second-order valence-electron chi connectivity index (χ2n) is 11.1. The number of likely N-dealkylation sites (N-methyl/N-ethyl adjacent to an activating group) is 1. The summed E-state index contributed by atoms with van der Waals surface area (Å²) in [5, 5.41) is 10.7. The van der Waals surface area contributed by atoms with Crippen LogP contribution in [0.3, 0.4) is 0 Å². The first-order valence-corrected chi connectivity index (χ1v) is 15.5. The van der Waals surface area contributed by atoms with Crippen LogP contribution in [0.4, 0.5) is 0 Å². The predicted octanol–water partition coefficient (Wildman–Crippen LogP) is 6.79. The highest BCUT2D eigenvalue weighted by Crippen LogP contribution is 2.38. The summed E-state index contributed by atoms with van der Waals surface area (Å²) in [6.45, 7) is 9.76. The van der Waals surface area contributed by atoms with Crippen LogP contribution < -0.4 is 10.2 Å². The fourth-order valence-electron chi connectivity index (χ4n) is 6.04. The van der Waals surface area contributed by atoms with E-state index in [2.05, 4.69) is 77.3 Å². The summed E-state index contributed by atoms with van der Waals surface area (Å²) in [4.78, 5) is 19.8. The molecule has 3 N–H and O–H groups in total. The van der Waals surface area contributed by atoms with Crippen LogP contribution in [0.5, 0.6) is 5.75 Å². The van der Waals surface area contributed by atoms with E-state index in [1.165, 1.54) is 33.7 Å². The molecule has 226 valence electrons. The van der Waals surface area contributed by atoms with E-state index in [9.17, 15) is 4.79 Å². The number of nitrogens with zero attached hydrogens (tertiary/aromatic N) is 2. The second kappa shape index (κ2) is 14.7. The molecule has 1 amide bonds. The molecule has 4 aromatic rings. The Bertz CT molecular complexity index is 1540. The van der Waals surface area contributed by atoms with E-state index in [0.29, 0.717) is 12.6 Å². The first-order valence-electron chi connectivity index (χ1n) is 15.2. The molecule has 1 atom stereocenters. The van der Waals surface area contributed by atoms with Crippen LogP contribution in [0.1, 0.15) is 54.1 Å². The van der Waals surface area contributed by atoms with Gasteiger partial charge in [0.05, 0.1) is 0 Å². The Morgan fingerprint density at radius 2 is 1.91 bits per heavy atom. The molecule has 1 heterocycles. The van der Waals surface area contributed by atoms with Gasteiger partial charge in [0.15, 0.2) is 0 Å². The van der Waals surface area contributed by atoms with Gasteiger partial charge in [0.25, 0.3) is 5.91 Å². The molecule has 8 heteroatoms. The zero-order valence-electron chi connectivity index (χ0n) is 25.0. The third-order valence-corrected chi connectivity index (χ3v) is 8.70. The van der Waals surface area contributed by atoms with Crippen molar-refractivity contribution >= 4 is 34.5 Å². The largest absolute Gasteiger partial charge is 0.492 e. The Hall–Kier alpha value is -3.62. The van der Waals surface area contributed by atoms with Crippen molar-refractivity contribution in [1.29, 1.82) is 0 Å². The molecule has 0 saturated carbocycles. The molecule has 1 aromatic heterocycles. The highest BCUT2D eigenvalue weighted by atomic mass is 35.5. The van der Waals surface area contributed by atoms with Crippen LogP contribution >= 0.6 is 11.6 Å². The van der Waals surface area contributed by atoms with Crippen molar-refractivity contribution in [3.8, 4) is 5.75 Å². The number of hydroxylamine groups is 1. The maximum atomic E-state index is 11.5. The summed E-state index contributed by atoms with van der Waals surface area (Å²) >= 11 is 6.23. The number of aromatic amines is 1. The van der Waals surface area contributed by atoms with Crippen molar-refractivity contribution in [1.82, 2.24) is 20.3 Å². The number of benzene rings is 3. The monoisotopic (exact) mass is 600 g/mol. The first kappa shape index (κ1) is 30.8. The van der Waals surface area contributed by atoms with Crippen LogP contribution in [0.2, 0.25) is 5.02 Å². The summed E-state index contributed by atoms with van der Waals surface area (Å²) in [6, 6.07) is 21.3. The van der Waals surface area contributed by atoms with Gasteiger partial charge in [-0.1, -0.05) is 61.8 Å². The topological polar surface area (TPSA) is 80.8 Å². The van der Waals surface area contributed by atoms with Crippen LogP contribution in [0, 0.1) is 0 Å². The zero-order valence-corrected chi connectivity index (χ0v) is 25.7. The minimum atomic E-state index is -0.538. The lowest BCUT2D eigenvalue weighted by Gasteiger charge is -2.30. The van der Waals surface area contributed by atoms with Crippen molar-refractivity contribution in [3.63, 3.8) is 0 Å². The highest BCUT2D eigenvalue weighted by Gasteiger charge is 2.28. The highest BCUT2D eigenvalue weighted by molar-refractivity contribution is 6.31. The third-order valence-electron chi connectivity index (χ3n) is 8.47. The van der Waals surface area contributed by atoms with Gasteiger partial charge in [-0.3, -0.25) is 14.9 Å². The van der Waals surface area contributed by atoms with Crippen molar-refractivity contribution < 1.29 is 14.7 Å². The number of hydrogen-bond acceptors (Lipinski definition) is 5. The molecule has 0 bridgehead atoms. The molecule has 1 aliphatic rings. The third kappa shape index (κ3) is 7.86. The molecular formula is C35H41ClN4O3. The van der Waals surface area contributed by atoms with Gasteiger partial charge in [-0.05, 0) is 90.5 Å². The number of halogens is 1. The number of ether oxygens (including phenoxy) is 1. The molecule has 43 heavy (non-hydrogen) atoms. The average molecular weight is 601 g/mol. The zero-order chi connectivity index (χ0) is 30.2. The van der Waals surface area contributed by atoms with Crippen LogP contribution in [0.25, 0.3) is 17.0 Å². The fourth-order valence-corrected chi connectivity index (χ4v) is 6.21. The van der Waals surface area contributed by atoms with Gasteiger partial charge in [0.2, 0.25) is 0 Å². The molecule has 0 saturated heterocycles. The maximum Gasteiger partial charge on any atom is 0.267 e. The van der Waals surface area contributed by atoms with E-state index in [-0.39, 0.29) is 0 Å². The molecule has 0 fully saturated rings. The lowest BCUT2D eigenvalue weighted by molar-refractivity contribution is -0.124. The molecular weight excluding hydrogens is 560 g/mol. The fraction of sp³-hybridized carbons (Fsp3) is 0.343. The van der Waals surface area contributed by atoms with Gasteiger partial charge in [0.1, 0.15) is 12.4 Å². The SMILES string of the molecule is CCN(CC)CCOc1ccc(CN(CCc2c[nH]c3cc(Cl)ccc23)C2CCc3cc(C=CC(=O)NO)ccc32)cc1. The van der Waals surface area contributed by atoms with Crippen LogP contribution in [-0.4, -0.2) is 58.7 Å². The molecule has 0 radical (unpaired) electrons. The molecule has 1 unspecified atom stereocenters. The van der Waals surface area contributed by atoms with E-state index >= 15 is 0 Å². The number of H-pyrrole nitrogens is 1. The summed E-state index contributed by atoms with van der Waals surface area (Å²) in [6.07, 6.45) is 8.10. The summed E-state index contributed by atoms with van der Waals surface area (Å²) in [7, 11) is 0. The second-order valence-corrected chi connectivity index (χ2v) is 11.5. The van der Waals surface area contributed by atoms with Crippen molar-refractivity contribution in [3.05, 3.63) is 106 Å². The number of carbonyl (C=O) groups is 1. The Kier molecular flexibility index (Phi) is 10.5. The lowest BCUT2D eigenvalue weighted by Crippen LogP contribution is -2.29. The number of amides is 1. The molecule has 0 aliphatic heterocycles. The van der Waals surface area contributed by atoms with Gasteiger partial charge in [0, 0.05) is 53.9 Å². The summed E-state index contributed by atoms with van der Waals surface area (Å²) < 4.78 is 6.03. The normalized spacial score (nSPS) is 14.7. The Morgan fingerprint density at radius 1 is 1.09 bits per heavy atom. The molecule has 5 rings (SSSR count). The van der Waals surface area contributed by atoms with Gasteiger partial charge < -0.3 is 14.6 Å².